The van der Waals surface area contributed by atoms with Gasteiger partial charge in [0, 0.05) is 64.7 Å². The van der Waals surface area contributed by atoms with Gasteiger partial charge in [0.05, 0.1) is 53.3 Å². The van der Waals surface area contributed by atoms with Gasteiger partial charge in [-0.15, -0.1) is 0 Å². The minimum absolute atomic E-state index is 0.112. The van der Waals surface area contributed by atoms with Gasteiger partial charge in [-0.1, -0.05) is 103 Å². The van der Waals surface area contributed by atoms with Crippen molar-refractivity contribution in [3.63, 3.8) is 0 Å². The zero-order valence-corrected chi connectivity index (χ0v) is 77.9. The smallest absolute Gasteiger partial charge is 0.374 e. The Labute approximate surface area is 802 Å². The van der Waals surface area contributed by atoms with Crippen LogP contribution in [0.3, 0.4) is 0 Å². The SMILES string of the molecule is CN[C@H](CC(C)C)C(=O)N[C@H]1C(=O)N[C@@H](CC(N)=O)C(=O)N[C@H]2C(=O)N[C@H]3C(=O)N[C@H](C(=O)N[C@H](C(=O)O)c4cc(O)cc(O)c4-c4cc3ccc4O)[C@H](O[C@H]3C[C@](C)(N)[C@@H](O)[C@H](C)O3)c3ccc(c(Cl)c3)Oc3cc2cc(c3O[C@@H]2O[C@H](COC(=O)CCC(=O)NC(O)P(=O)(O)O)[C@@H](O)[C@H](O)[C@H]2O[C@H]2C[C@](C)(NCc3ccc(-c4ccc(Cl)cc4)cc3)[C@@H](O)[C@H](C)O2)Oc2ccc(cc2Cl)[C@H]1O. The van der Waals surface area contributed by atoms with E-state index in [2.05, 4.69) is 42.5 Å². The predicted molar refractivity (Wildman–Crippen MR) is 485 cm³/mol. The number of primary amides is 1. The van der Waals surface area contributed by atoms with Gasteiger partial charge in [0.15, 0.2) is 36.2 Å². The number of aromatic hydroxyl groups is 3. The predicted octanol–water partition coefficient (Wildman–Crippen LogP) is 3.40. The van der Waals surface area contributed by atoms with Crippen molar-refractivity contribution in [2.45, 2.75) is 226 Å². The molecule has 25 N–H and O–H groups in total. The number of fused-ring (bicyclic) bond motifs is 15. The molecule has 1 unspecified atom stereocenters. The molecule has 0 saturated carbocycles. The maximum Gasteiger partial charge on any atom is 0.374 e. The van der Waals surface area contributed by atoms with E-state index >= 15 is 24.0 Å². The van der Waals surface area contributed by atoms with Crippen LogP contribution in [0.1, 0.15) is 144 Å². The average molecular weight is 2000 g/mol. The molecule has 3 saturated heterocycles. The highest BCUT2D eigenvalue weighted by molar-refractivity contribution is 7.52. The van der Waals surface area contributed by atoms with Crippen LogP contribution in [0.4, 0.5) is 0 Å². The molecule has 0 spiro atoms. The van der Waals surface area contributed by atoms with E-state index in [1.54, 1.807) is 38.2 Å². The second-order valence-electron chi connectivity index (χ2n) is 35.3. The van der Waals surface area contributed by atoms with Crippen molar-refractivity contribution >= 4 is 102 Å². The van der Waals surface area contributed by atoms with E-state index in [9.17, 15) is 89.4 Å². The highest BCUT2D eigenvalue weighted by atomic mass is 35.5. The number of ether oxygens (including phenoxy) is 9. The minimum atomic E-state index is -5.31. The zero-order valence-electron chi connectivity index (χ0n) is 74.8. The highest BCUT2D eigenvalue weighted by Crippen LogP contribution is 2.51. The number of aliphatic hydroxyl groups excluding tert-OH is 6. The van der Waals surface area contributed by atoms with Gasteiger partial charge in [-0.25, -0.2) is 4.79 Å². The number of carboxylic acid groups (broad SMARTS) is 1. The fourth-order valence-corrected chi connectivity index (χ4v) is 17.8. The number of benzene rings is 7. The van der Waals surface area contributed by atoms with Crippen LogP contribution in [0, 0.1) is 5.92 Å². The van der Waals surface area contributed by atoms with Gasteiger partial charge in [-0.3, -0.25) is 47.7 Å². The first-order chi connectivity index (χ1) is 65.0. The average Bonchev–Trinajstić information content (AvgIpc) is 0.760. The number of nitrogens with two attached hydrogens (primary N) is 2. The van der Waals surface area contributed by atoms with Gasteiger partial charge in [0.25, 0.3) is 0 Å². The molecule has 7 aromatic rings. The van der Waals surface area contributed by atoms with E-state index in [1.165, 1.54) is 40.0 Å². The first-order valence-corrected chi connectivity index (χ1v) is 46.3. The van der Waals surface area contributed by atoms with Crippen LogP contribution in [-0.2, 0) is 87.5 Å². The second kappa shape index (κ2) is 43.1. The summed E-state index contributed by atoms with van der Waals surface area (Å²) in [5.74, 6) is -22.4. The van der Waals surface area contributed by atoms with Crippen LogP contribution >= 0.6 is 42.4 Å². The number of esters is 1. The van der Waals surface area contributed by atoms with Gasteiger partial charge in [-0.2, -0.15) is 0 Å². The number of carboxylic acids is 1. The molecule has 7 aromatic carbocycles. The molecule has 15 rings (SSSR count). The molecule has 8 amide bonds. The van der Waals surface area contributed by atoms with Crippen molar-refractivity contribution in [2.75, 3.05) is 13.7 Å². The quantitative estimate of drug-likeness (QED) is 0.0221. The number of rotatable bonds is 25. The maximum atomic E-state index is 16.7. The summed E-state index contributed by atoms with van der Waals surface area (Å²) in [4.78, 5) is 167. The molecular formula is C91H105Cl3N11O32P. The molecule has 8 heterocycles. The Morgan fingerprint density at radius 3 is 1.85 bits per heavy atom. The Kier molecular flexibility index (Phi) is 32.4. The number of phenolic OH excluding ortho intramolecular Hbond substituents is 3. The summed E-state index contributed by atoms with van der Waals surface area (Å²) in [5.41, 5.74) is 8.89. The number of likely N-dealkylation sites (N-methyl/N-ethyl adjacent to an activating group) is 1. The number of halogens is 3. The monoisotopic (exact) mass is 2000 g/mol. The number of phenols is 3. The summed E-state index contributed by atoms with van der Waals surface area (Å²) >= 11 is 20.9. The molecule has 8 aliphatic heterocycles. The number of aliphatic hydroxyl groups is 6. The second-order valence-corrected chi connectivity index (χ2v) is 38.2. The molecule has 0 radical (unpaired) electrons. The van der Waals surface area contributed by atoms with E-state index in [1.807, 2.05) is 36.4 Å². The molecule has 23 atom stereocenters. The van der Waals surface area contributed by atoms with Crippen molar-refractivity contribution in [3.8, 4) is 68.2 Å². The first-order valence-electron chi connectivity index (χ1n) is 43.5. The van der Waals surface area contributed by atoms with Crippen molar-refractivity contribution in [2.24, 2.45) is 17.4 Å². The van der Waals surface area contributed by atoms with Gasteiger partial charge in [-0.05, 0) is 153 Å². The van der Waals surface area contributed by atoms with Crippen molar-refractivity contribution < 1.29 is 156 Å². The number of carbonyl (C=O) groups is 10. The van der Waals surface area contributed by atoms with Crippen LogP contribution in [0.25, 0.3) is 22.3 Å². The number of hydrogen-bond acceptors (Lipinski definition) is 32. The molecule has 742 valence electrons. The zero-order chi connectivity index (χ0) is 100. The van der Waals surface area contributed by atoms with Gasteiger partial charge in [0.1, 0.15) is 96.1 Å². The highest BCUT2D eigenvalue weighted by Gasteiger charge is 2.54. The third kappa shape index (κ3) is 24.0. The standard InChI is InChI=1S/C91H105Cl3N11O32P/c1-37(2)24-53(97-7)81(117)104-71-73(112)44-15-20-57(51(93)26-44)132-59-28-46-29-60(77(59)137-88-78(75(114)74(113)61(134-88)36-129-64(111)23-22-63(110)100-89(125)138(126,127)128)136-66-34-91(6,80(116)39(4)131-66)98-35-40-8-10-41(11-9-40)42-12-17-47(92)18-13-42)133-58-21-16-45(27-52(58)94)76(135-65-33-90(5,96)79(115)38(3)130-65)72-86(122)103-70(87(123)124)50-30-48(106)31-56(108)67(50)49-25-43(14-19-55(49)107)68(83(119)105-72)102-84(120)69(46)101-82(118)54(32-62(95)109)99-85(71)121/h8-21,25-31,37-39,53-54,61,65-66,68-76,78-80,88-89,97-98,106-108,112-116,125H,22-24,32-36,96H2,1-7H3,(H2,95,109)(H,99,121)(H,100,110)(H,101,118)(H,102,120)(H,103,122)(H,104,117)(H,105,119)(H,123,124)(H2,126,127,128)/t38-,39-,53+,54-,61+,65-,66-,68+,69+,70-,71+,72-,73+,74+,75-,76+,78+,79-,80-,88-,89?,90-,91-/m0/s1. The van der Waals surface area contributed by atoms with Crippen molar-refractivity contribution in [1.82, 2.24) is 47.9 Å². The van der Waals surface area contributed by atoms with Crippen LogP contribution in [0.2, 0.25) is 15.1 Å². The Morgan fingerprint density at radius 2 is 1.24 bits per heavy atom. The minimum Gasteiger partial charge on any atom is -0.508 e. The normalized spacial score (nSPS) is 28.3. The molecule has 0 aliphatic carbocycles. The first kappa shape index (κ1) is 104. The largest absolute Gasteiger partial charge is 0.508 e. The van der Waals surface area contributed by atoms with Crippen LogP contribution in [0.5, 0.6) is 46.0 Å². The fraction of sp³-hybridized carbons (Fsp3) is 0.429. The Hall–Kier alpha value is -11.5. The molecule has 43 nitrogen and oxygen atoms in total. The third-order valence-electron chi connectivity index (χ3n) is 24.3. The van der Waals surface area contributed by atoms with Crippen molar-refractivity contribution in [1.29, 1.82) is 0 Å². The fourth-order valence-electron chi connectivity index (χ4n) is 16.9. The molecular weight excluding hydrogens is 1900 g/mol. The number of amides is 8. The summed E-state index contributed by atoms with van der Waals surface area (Å²) in [6, 6.07) is 13.0. The van der Waals surface area contributed by atoms with Crippen LogP contribution in [0.15, 0.2) is 127 Å². The lowest BCUT2D eigenvalue weighted by Gasteiger charge is -2.48. The van der Waals surface area contributed by atoms with Gasteiger partial charge >= 0.3 is 19.5 Å². The van der Waals surface area contributed by atoms with E-state index in [4.69, 9.17) is 88.9 Å². The Morgan fingerprint density at radius 1 is 0.645 bits per heavy atom. The number of hydrogen-bond donors (Lipinski definition) is 23. The number of nitrogens with one attached hydrogen (secondary N) is 9. The molecule has 8 aliphatic rings. The molecule has 3 fully saturated rings. The van der Waals surface area contributed by atoms with E-state index in [-0.39, 0.29) is 36.4 Å². The van der Waals surface area contributed by atoms with E-state index in [0.29, 0.717) is 5.02 Å². The Bertz CT molecular complexity index is 5830. The molecule has 11 bridgehead atoms. The molecule has 0 aromatic heterocycles. The summed E-state index contributed by atoms with van der Waals surface area (Å²) in [5, 5.41) is 140. The lowest BCUT2D eigenvalue weighted by Crippen LogP contribution is -2.65. The van der Waals surface area contributed by atoms with E-state index in [0.717, 1.165) is 83.4 Å². The maximum absolute atomic E-state index is 16.7. The summed E-state index contributed by atoms with van der Waals surface area (Å²) in [6.45, 7) is 8.67. The lowest BCUT2D eigenvalue weighted by molar-refractivity contribution is -0.335. The summed E-state index contributed by atoms with van der Waals surface area (Å²) in [6.07, 6.45) is -26.8. The topological polar surface area (TPSA) is 674 Å². The third-order valence-corrected chi connectivity index (χ3v) is 25.9. The number of aliphatic carboxylic acids is 1. The molecule has 47 heteroatoms. The molecule has 138 heavy (non-hydrogen) atoms. The van der Waals surface area contributed by atoms with Gasteiger partial charge < -0.3 is 163 Å². The van der Waals surface area contributed by atoms with Crippen LogP contribution < -0.4 is 73.5 Å². The van der Waals surface area contributed by atoms with Gasteiger partial charge in [0.2, 0.25) is 65.3 Å². The van der Waals surface area contributed by atoms with E-state index < -0.39 is 322 Å². The summed E-state index contributed by atoms with van der Waals surface area (Å²) in [7, 11) is -3.86. The number of carbonyl (C=O) groups excluding carboxylic acids is 9. The summed E-state index contributed by atoms with van der Waals surface area (Å²) < 4.78 is 70.5. The van der Waals surface area contributed by atoms with Crippen LogP contribution in [-0.4, -0.2) is 243 Å². The Balaban J connectivity index is 1.03. The lowest BCUT2D eigenvalue weighted by atomic mass is 9.84. The van der Waals surface area contributed by atoms with Crippen molar-refractivity contribution in [3.05, 3.63) is 176 Å².